The highest BCUT2D eigenvalue weighted by Crippen LogP contribution is 2.31. The average molecular weight is 334 g/mol. The van der Waals surface area contributed by atoms with Crippen molar-refractivity contribution in [2.75, 3.05) is 0 Å². The van der Waals surface area contributed by atoms with Crippen LogP contribution >= 0.6 is 0 Å². The van der Waals surface area contributed by atoms with Crippen LogP contribution in [0, 0.1) is 10.1 Å². The Bertz CT molecular complexity index is 871. The zero-order chi connectivity index (χ0) is 17.5. The van der Waals surface area contributed by atoms with Crippen molar-refractivity contribution in [1.29, 1.82) is 0 Å². The summed E-state index contributed by atoms with van der Waals surface area (Å²) in [6, 6.07) is 8.30. The molecule has 0 atom stereocenters. The summed E-state index contributed by atoms with van der Waals surface area (Å²) in [4.78, 5) is 26.5. The lowest BCUT2D eigenvalue weighted by Crippen LogP contribution is -2.19. The Balaban J connectivity index is 2.01. The van der Waals surface area contributed by atoms with E-state index in [1.807, 2.05) is 0 Å². The van der Waals surface area contributed by atoms with E-state index in [2.05, 4.69) is 4.99 Å². The number of nitro benzene ring substituents is 1. The largest absolute Gasteiger partial charge is 0.416 e. The summed E-state index contributed by atoms with van der Waals surface area (Å²) in [7, 11) is 0. The molecular formula is C16H9F3N2O3. The lowest BCUT2D eigenvalue weighted by atomic mass is 9.93. The third-order valence-corrected chi connectivity index (χ3v) is 3.70. The van der Waals surface area contributed by atoms with Crippen LogP contribution in [0.15, 0.2) is 47.5 Å². The smallest absolute Gasteiger partial charge is 0.267 e. The van der Waals surface area contributed by atoms with Crippen molar-refractivity contribution in [3.8, 4) is 0 Å². The number of amides is 1. The van der Waals surface area contributed by atoms with Crippen LogP contribution in [-0.2, 0) is 12.6 Å². The fraction of sp³-hybridized carbons (Fsp3) is 0.125. The molecule has 0 saturated heterocycles. The molecule has 0 unspecified atom stereocenters. The second-order valence-corrected chi connectivity index (χ2v) is 5.18. The Labute approximate surface area is 133 Å². The van der Waals surface area contributed by atoms with Crippen molar-refractivity contribution in [2.24, 2.45) is 4.99 Å². The molecule has 0 bridgehead atoms. The lowest BCUT2D eigenvalue weighted by Gasteiger charge is -2.15. The molecule has 24 heavy (non-hydrogen) atoms. The van der Waals surface area contributed by atoms with Gasteiger partial charge in [0.05, 0.1) is 21.8 Å². The van der Waals surface area contributed by atoms with Gasteiger partial charge in [-0.15, -0.1) is 0 Å². The van der Waals surface area contributed by atoms with Crippen LogP contribution in [-0.4, -0.2) is 16.5 Å². The first-order chi connectivity index (χ1) is 11.3. The molecule has 0 aliphatic carbocycles. The van der Waals surface area contributed by atoms with Gasteiger partial charge in [-0.25, -0.2) is 4.99 Å². The third kappa shape index (κ3) is 2.78. The Kier molecular flexibility index (Phi) is 3.67. The molecule has 0 fully saturated rings. The quantitative estimate of drug-likeness (QED) is 0.619. The standard InChI is InChI=1S/C16H9F3N2O3/c17-16(18,19)10-6-4-9(5-7-10)13-8-12-11(15(22)20-13)2-1-3-14(12)21(23)24/h1-7H,8H2. The molecule has 8 heteroatoms. The fourth-order valence-electron chi connectivity index (χ4n) is 2.54. The number of alkyl halides is 3. The van der Waals surface area contributed by atoms with E-state index in [1.54, 1.807) is 0 Å². The Morgan fingerprint density at radius 3 is 2.33 bits per heavy atom. The van der Waals surface area contributed by atoms with Gasteiger partial charge >= 0.3 is 6.18 Å². The van der Waals surface area contributed by atoms with Crippen molar-refractivity contribution in [1.82, 2.24) is 0 Å². The third-order valence-electron chi connectivity index (χ3n) is 3.70. The molecule has 0 radical (unpaired) electrons. The first kappa shape index (κ1) is 15.9. The Morgan fingerprint density at radius 2 is 1.75 bits per heavy atom. The van der Waals surface area contributed by atoms with Crippen LogP contribution in [0.5, 0.6) is 0 Å². The second kappa shape index (κ2) is 5.55. The number of hydrogen-bond donors (Lipinski definition) is 0. The van der Waals surface area contributed by atoms with E-state index in [4.69, 9.17) is 0 Å². The normalized spacial score (nSPS) is 14.1. The molecule has 2 aromatic carbocycles. The van der Waals surface area contributed by atoms with Crippen LogP contribution in [0.2, 0.25) is 0 Å². The average Bonchev–Trinajstić information content (AvgIpc) is 2.53. The van der Waals surface area contributed by atoms with Crippen molar-refractivity contribution in [3.05, 3.63) is 74.8 Å². The maximum Gasteiger partial charge on any atom is 0.416 e. The molecule has 1 amide bonds. The number of benzene rings is 2. The van der Waals surface area contributed by atoms with E-state index in [9.17, 15) is 28.1 Å². The summed E-state index contributed by atoms with van der Waals surface area (Å²) >= 11 is 0. The number of carbonyl (C=O) groups excluding carboxylic acids is 1. The summed E-state index contributed by atoms with van der Waals surface area (Å²) < 4.78 is 37.8. The molecule has 0 spiro atoms. The van der Waals surface area contributed by atoms with E-state index >= 15 is 0 Å². The van der Waals surface area contributed by atoms with Gasteiger partial charge < -0.3 is 0 Å². The minimum absolute atomic E-state index is 0.00356. The zero-order valence-electron chi connectivity index (χ0n) is 12.0. The number of hydrogen-bond acceptors (Lipinski definition) is 3. The topological polar surface area (TPSA) is 72.6 Å². The molecule has 1 aliphatic heterocycles. The maximum atomic E-state index is 12.6. The van der Waals surface area contributed by atoms with Crippen molar-refractivity contribution < 1.29 is 22.9 Å². The summed E-state index contributed by atoms with van der Waals surface area (Å²) in [5.41, 5.74) is -0.145. The lowest BCUT2D eigenvalue weighted by molar-refractivity contribution is -0.385. The molecule has 0 N–H and O–H groups in total. The van der Waals surface area contributed by atoms with Gasteiger partial charge in [0.15, 0.2) is 0 Å². The minimum atomic E-state index is -4.46. The summed E-state index contributed by atoms with van der Waals surface area (Å²) in [6.45, 7) is 0. The zero-order valence-corrected chi connectivity index (χ0v) is 12.0. The first-order valence-corrected chi connectivity index (χ1v) is 6.83. The van der Waals surface area contributed by atoms with Gasteiger partial charge in [-0.05, 0) is 23.8 Å². The molecule has 5 nitrogen and oxygen atoms in total. The van der Waals surface area contributed by atoms with E-state index in [1.165, 1.54) is 30.3 Å². The van der Waals surface area contributed by atoms with Crippen LogP contribution in [0.25, 0.3) is 0 Å². The van der Waals surface area contributed by atoms with Gasteiger partial charge in [0.2, 0.25) is 0 Å². The SMILES string of the molecule is O=C1N=C(c2ccc(C(F)(F)F)cc2)Cc2c1cccc2[N+](=O)[O-]. The predicted molar refractivity (Wildman–Crippen MR) is 79.1 cm³/mol. The van der Waals surface area contributed by atoms with Gasteiger partial charge in [0.25, 0.3) is 11.6 Å². The second-order valence-electron chi connectivity index (χ2n) is 5.18. The minimum Gasteiger partial charge on any atom is -0.267 e. The summed E-state index contributed by atoms with van der Waals surface area (Å²) in [6.07, 6.45) is -4.46. The van der Waals surface area contributed by atoms with E-state index < -0.39 is 22.6 Å². The van der Waals surface area contributed by atoms with Crippen LogP contribution in [0.1, 0.15) is 27.0 Å². The van der Waals surface area contributed by atoms with Crippen LogP contribution in [0.3, 0.4) is 0 Å². The van der Waals surface area contributed by atoms with Gasteiger partial charge in [-0.3, -0.25) is 14.9 Å². The van der Waals surface area contributed by atoms with Crippen LogP contribution in [0.4, 0.5) is 18.9 Å². The van der Waals surface area contributed by atoms with Crippen molar-refractivity contribution >= 4 is 17.3 Å². The number of aliphatic imine (C=N–C) groups is 1. The maximum absolute atomic E-state index is 12.6. The van der Waals surface area contributed by atoms with E-state index in [0.717, 1.165) is 12.1 Å². The number of nitrogens with zero attached hydrogens (tertiary/aromatic N) is 2. The number of rotatable bonds is 2. The molecule has 0 saturated carbocycles. The monoisotopic (exact) mass is 334 g/mol. The molecule has 2 aromatic rings. The van der Waals surface area contributed by atoms with Crippen molar-refractivity contribution in [2.45, 2.75) is 12.6 Å². The molecule has 1 aliphatic rings. The number of fused-ring (bicyclic) bond motifs is 1. The van der Waals surface area contributed by atoms with Crippen LogP contribution < -0.4 is 0 Å². The fourth-order valence-corrected chi connectivity index (χ4v) is 2.54. The van der Waals surface area contributed by atoms with Gasteiger partial charge in [0, 0.05) is 18.1 Å². The molecular weight excluding hydrogens is 325 g/mol. The molecule has 1 heterocycles. The summed E-state index contributed by atoms with van der Waals surface area (Å²) in [5.74, 6) is -0.644. The first-order valence-electron chi connectivity index (χ1n) is 6.83. The molecule has 3 rings (SSSR count). The van der Waals surface area contributed by atoms with Crippen molar-refractivity contribution in [3.63, 3.8) is 0 Å². The predicted octanol–water partition coefficient (Wildman–Crippen LogP) is 3.80. The highest BCUT2D eigenvalue weighted by molar-refractivity contribution is 6.15. The Morgan fingerprint density at radius 1 is 1.08 bits per heavy atom. The number of halogens is 3. The van der Waals surface area contributed by atoms with Gasteiger partial charge in [0.1, 0.15) is 0 Å². The summed E-state index contributed by atoms with van der Waals surface area (Å²) in [5, 5.41) is 11.1. The Hall–Kier alpha value is -3.03. The van der Waals surface area contributed by atoms with Gasteiger partial charge in [-0.1, -0.05) is 18.2 Å². The van der Waals surface area contributed by atoms with E-state index in [0.29, 0.717) is 5.56 Å². The van der Waals surface area contributed by atoms with Gasteiger partial charge in [-0.2, -0.15) is 13.2 Å². The highest BCUT2D eigenvalue weighted by atomic mass is 19.4. The number of carbonyl (C=O) groups is 1. The molecule has 0 aromatic heterocycles. The number of nitro groups is 1. The molecule has 122 valence electrons. The van der Waals surface area contributed by atoms with E-state index in [-0.39, 0.29) is 28.9 Å². The highest BCUT2D eigenvalue weighted by Gasteiger charge is 2.31.